The molecule has 3 rings (SSSR count). The highest BCUT2D eigenvalue weighted by atomic mass is 16.5. The minimum atomic E-state index is -0.118. The fourth-order valence-corrected chi connectivity index (χ4v) is 4.69. The van der Waals surface area contributed by atoms with Gasteiger partial charge < -0.3 is 9.22 Å². The quantitative estimate of drug-likeness (QED) is 0.625. The first-order chi connectivity index (χ1) is 11.1. The van der Waals surface area contributed by atoms with Crippen molar-refractivity contribution in [1.82, 2.24) is 0 Å². The summed E-state index contributed by atoms with van der Waals surface area (Å²) in [6.45, 7) is 3.94. The van der Waals surface area contributed by atoms with Crippen LogP contribution in [0.15, 0.2) is 30.3 Å². The molecule has 1 aliphatic heterocycles. The van der Waals surface area contributed by atoms with Crippen molar-refractivity contribution < 1.29 is 14.0 Å². The Labute approximate surface area is 140 Å². The summed E-state index contributed by atoms with van der Waals surface area (Å²) in [5, 5.41) is 0. The number of carbonyl (C=O) groups is 1. The van der Waals surface area contributed by atoms with Gasteiger partial charge in [-0.2, -0.15) is 0 Å². The van der Waals surface area contributed by atoms with Gasteiger partial charge in [-0.3, -0.25) is 4.79 Å². The third kappa shape index (κ3) is 3.77. The highest BCUT2D eigenvalue weighted by Gasteiger charge is 2.44. The predicted octanol–water partition coefficient (Wildman–Crippen LogP) is 3.88. The lowest BCUT2D eigenvalue weighted by atomic mass is 9.84. The van der Waals surface area contributed by atoms with Crippen molar-refractivity contribution in [3.05, 3.63) is 35.9 Å². The standard InChI is InChI=1S/C20H30NO2/c1-16(22)23-20-11-7-6-10-19(20)21(2)14-12-18(13-15-21)17-8-4-3-5-9-17/h3-5,8-9,18-20H,6-7,10-15H2,1-2H3/q+1. The maximum Gasteiger partial charge on any atom is 0.303 e. The van der Waals surface area contributed by atoms with Crippen molar-refractivity contribution >= 4 is 5.97 Å². The average molecular weight is 316 g/mol. The first-order valence-electron chi connectivity index (χ1n) is 9.15. The highest BCUT2D eigenvalue weighted by Crippen LogP contribution is 2.37. The van der Waals surface area contributed by atoms with Crippen LogP contribution < -0.4 is 0 Å². The first kappa shape index (κ1) is 16.5. The van der Waals surface area contributed by atoms with Crippen molar-refractivity contribution in [1.29, 1.82) is 0 Å². The van der Waals surface area contributed by atoms with Gasteiger partial charge in [0.2, 0.25) is 0 Å². The van der Waals surface area contributed by atoms with E-state index in [4.69, 9.17) is 4.74 Å². The minimum Gasteiger partial charge on any atom is -0.456 e. The monoisotopic (exact) mass is 316 g/mol. The van der Waals surface area contributed by atoms with Crippen molar-refractivity contribution in [2.24, 2.45) is 0 Å². The number of likely N-dealkylation sites (tertiary alicyclic amines) is 1. The van der Waals surface area contributed by atoms with Gasteiger partial charge in [-0.15, -0.1) is 0 Å². The molecule has 0 bridgehead atoms. The number of hydrogen-bond acceptors (Lipinski definition) is 2. The molecule has 2 unspecified atom stereocenters. The molecule has 2 atom stereocenters. The fraction of sp³-hybridized carbons (Fsp3) is 0.650. The number of rotatable bonds is 3. The van der Waals surface area contributed by atoms with Gasteiger partial charge in [-0.05, 0) is 30.7 Å². The molecular formula is C20H30NO2+. The fourth-order valence-electron chi connectivity index (χ4n) is 4.69. The lowest BCUT2D eigenvalue weighted by molar-refractivity contribution is -0.942. The van der Waals surface area contributed by atoms with E-state index in [9.17, 15) is 4.79 Å². The first-order valence-corrected chi connectivity index (χ1v) is 9.15. The minimum absolute atomic E-state index is 0.118. The van der Waals surface area contributed by atoms with Crippen LogP contribution in [0.4, 0.5) is 0 Å². The molecule has 2 aliphatic rings. The number of nitrogens with zero attached hydrogens (tertiary/aromatic N) is 1. The Balaban J connectivity index is 1.66. The van der Waals surface area contributed by atoms with E-state index in [1.165, 1.54) is 50.8 Å². The Hall–Kier alpha value is -1.35. The third-order valence-electron chi connectivity index (χ3n) is 6.03. The summed E-state index contributed by atoms with van der Waals surface area (Å²) in [5.41, 5.74) is 1.49. The average Bonchev–Trinajstić information content (AvgIpc) is 2.56. The summed E-state index contributed by atoms with van der Waals surface area (Å²) < 4.78 is 6.76. The normalized spacial score (nSPS) is 34.8. The molecule has 0 N–H and O–H groups in total. The molecule has 1 aromatic carbocycles. The van der Waals surface area contributed by atoms with Crippen LogP contribution in [0.1, 0.15) is 56.9 Å². The summed E-state index contributed by atoms with van der Waals surface area (Å²) in [6.07, 6.45) is 7.32. The number of hydrogen-bond donors (Lipinski definition) is 0. The number of quaternary nitrogens is 1. The topological polar surface area (TPSA) is 26.3 Å². The second kappa shape index (κ2) is 7.04. The van der Waals surface area contributed by atoms with Gasteiger partial charge in [0.25, 0.3) is 0 Å². The largest absolute Gasteiger partial charge is 0.456 e. The second-order valence-corrected chi connectivity index (χ2v) is 7.61. The second-order valence-electron chi connectivity index (χ2n) is 7.61. The molecule has 0 radical (unpaired) electrons. The number of ether oxygens (including phenoxy) is 1. The molecule has 3 nitrogen and oxygen atoms in total. The van der Waals surface area contributed by atoms with Crippen LogP contribution in [-0.2, 0) is 9.53 Å². The smallest absolute Gasteiger partial charge is 0.303 e. The molecule has 1 saturated carbocycles. The van der Waals surface area contributed by atoms with Crippen molar-refractivity contribution in [2.45, 2.75) is 63.5 Å². The lowest BCUT2D eigenvalue weighted by Crippen LogP contribution is -2.61. The van der Waals surface area contributed by atoms with E-state index in [1.807, 2.05) is 0 Å². The van der Waals surface area contributed by atoms with E-state index < -0.39 is 0 Å². The number of benzene rings is 1. The Morgan fingerprint density at radius 3 is 2.35 bits per heavy atom. The van der Waals surface area contributed by atoms with Crippen LogP contribution in [-0.4, -0.2) is 42.7 Å². The van der Waals surface area contributed by atoms with Gasteiger partial charge in [0.1, 0.15) is 6.04 Å². The zero-order valence-electron chi connectivity index (χ0n) is 14.5. The van der Waals surface area contributed by atoms with Gasteiger partial charge in [0.05, 0.1) is 20.1 Å². The molecule has 0 aromatic heterocycles. The molecule has 1 aromatic rings. The maximum atomic E-state index is 11.5. The molecule has 0 amide bonds. The van der Waals surface area contributed by atoms with Crippen molar-refractivity contribution in [3.8, 4) is 0 Å². The van der Waals surface area contributed by atoms with Crippen LogP contribution >= 0.6 is 0 Å². The highest BCUT2D eigenvalue weighted by molar-refractivity contribution is 5.66. The summed E-state index contributed by atoms with van der Waals surface area (Å²) >= 11 is 0. The van der Waals surface area contributed by atoms with Crippen molar-refractivity contribution in [2.75, 3.05) is 20.1 Å². The molecule has 0 spiro atoms. The molecule has 3 heteroatoms. The van der Waals surface area contributed by atoms with Gasteiger partial charge in [-0.25, -0.2) is 0 Å². The van der Waals surface area contributed by atoms with Crippen LogP contribution in [0.5, 0.6) is 0 Å². The van der Waals surface area contributed by atoms with Crippen LogP contribution in [0.2, 0.25) is 0 Å². The van der Waals surface area contributed by atoms with Gasteiger partial charge in [0.15, 0.2) is 6.10 Å². The van der Waals surface area contributed by atoms with Gasteiger partial charge >= 0.3 is 5.97 Å². The third-order valence-corrected chi connectivity index (χ3v) is 6.03. The van der Waals surface area contributed by atoms with Gasteiger partial charge in [0, 0.05) is 26.2 Å². The number of likely N-dealkylation sites (N-methyl/N-ethyl adjacent to an activating group) is 1. The van der Waals surface area contributed by atoms with E-state index in [1.54, 1.807) is 6.92 Å². The van der Waals surface area contributed by atoms with Crippen molar-refractivity contribution in [3.63, 3.8) is 0 Å². The molecular weight excluding hydrogens is 286 g/mol. The van der Waals surface area contributed by atoms with E-state index >= 15 is 0 Å². The van der Waals surface area contributed by atoms with E-state index in [2.05, 4.69) is 37.4 Å². The molecule has 1 aliphatic carbocycles. The number of esters is 1. The predicted molar refractivity (Wildman–Crippen MR) is 92.1 cm³/mol. The zero-order chi connectivity index (χ0) is 16.3. The Bertz CT molecular complexity index is 520. The SMILES string of the molecule is CC(=O)OC1CCCCC1[N+]1(C)CCC(c2ccccc2)CC1. The summed E-state index contributed by atoms with van der Waals surface area (Å²) in [4.78, 5) is 11.5. The molecule has 126 valence electrons. The van der Waals surface area contributed by atoms with Gasteiger partial charge in [-0.1, -0.05) is 30.3 Å². The van der Waals surface area contributed by atoms with E-state index in [-0.39, 0.29) is 12.1 Å². The summed E-state index contributed by atoms with van der Waals surface area (Å²) in [7, 11) is 2.38. The summed E-state index contributed by atoms with van der Waals surface area (Å²) in [5.74, 6) is 0.575. The van der Waals surface area contributed by atoms with E-state index in [0.717, 1.165) is 10.9 Å². The van der Waals surface area contributed by atoms with E-state index in [0.29, 0.717) is 12.0 Å². The lowest BCUT2D eigenvalue weighted by Gasteiger charge is -2.49. The Morgan fingerprint density at radius 2 is 1.70 bits per heavy atom. The Morgan fingerprint density at radius 1 is 1.04 bits per heavy atom. The zero-order valence-corrected chi connectivity index (χ0v) is 14.5. The van der Waals surface area contributed by atoms with Crippen LogP contribution in [0.3, 0.4) is 0 Å². The Kier molecular flexibility index (Phi) is 5.05. The number of piperidine rings is 1. The number of carbonyl (C=O) groups excluding carboxylic acids is 1. The summed E-state index contributed by atoms with van der Waals surface area (Å²) in [6, 6.07) is 11.4. The molecule has 23 heavy (non-hydrogen) atoms. The molecule has 1 heterocycles. The molecule has 1 saturated heterocycles. The van der Waals surface area contributed by atoms with Crippen LogP contribution in [0.25, 0.3) is 0 Å². The molecule has 2 fully saturated rings. The maximum absolute atomic E-state index is 11.5. The van der Waals surface area contributed by atoms with Crippen LogP contribution in [0, 0.1) is 0 Å².